The second kappa shape index (κ2) is 10.4. The molecule has 0 fully saturated rings. The predicted octanol–water partition coefficient (Wildman–Crippen LogP) is 5.61. The number of carbonyl (C=O) groups excluding carboxylic acids is 2. The molecule has 1 heterocycles. The van der Waals surface area contributed by atoms with Gasteiger partial charge in [0.25, 0.3) is 5.91 Å². The van der Waals surface area contributed by atoms with Crippen molar-refractivity contribution in [1.82, 2.24) is 5.43 Å². The van der Waals surface area contributed by atoms with Crippen molar-refractivity contribution in [3.8, 4) is 5.75 Å². The molecule has 0 aliphatic heterocycles. The van der Waals surface area contributed by atoms with Gasteiger partial charge in [0.2, 0.25) is 0 Å². The number of nitrogens with one attached hydrogen (secondary N) is 1. The summed E-state index contributed by atoms with van der Waals surface area (Å²) in [6.45, 7) is 0. The van der Waals surface area contributed by atoms with Gasteiger partial charge < -0.3 is 9.47 Å². The van der Waals surface area contributed by atoms with Gasteiger partial charge >= 0.3 is 5.97 Å². The Morgan fingerprint density at radius 2 is 1.70 bits per heavy atom. The highest BCUT2D eigenvalue weighted by atomic mass is 35.5. The van der Waals surface area contributed by atoms with Crippen LogP contribution in [0.5, 0.6) is 5.75 Å². The van der Waals surface area contributed by atoms with E-state index in [9.17, 15) is 9.59 Å². The molecule has 0 bridgehead atoms. The number of carbonyl (C=O) groups is 2. The standard InChI is InChI=1S/C25H19ClN2O4S/c1-31-22(16-9-3-2-4-10-16)24(29)28-27-15-17-11-5-7-13-19(17)32-25(30)23-21(26)18-12-6-8-14-20(18)33-23/h2-15,22H,1H3,(H,28,29)/b27-15+. The minimum Gasteiger partial charge on any atom is -0.422 e. The Kier molecular flexibility index (Phi) is 7.14. The van der Waals surface area contributed by atoms with Gasteiger partial charge in [0.05, 0.1) is 11.2 Å². The maximum Gasteiger partial charge on any atom is 0.355 e. The van der Waals surface area contributed by atoms with Crippen LogP contribution in [0, 0.1) is 0 Å². The Morgan fingerprint density at radius 3 is 2.45 bits per heavy atom. The molecule has 8 heteroatoms. The number of hydrogen-bond donors (Lipinski definition) is 1. The summed E-state index contributed by atoms with van der Waals surface area (Å²) in [5.41, 5.74) is 3.69. The van der Waals surface area contributed by atoms with E-state index in [2.05, 4.69) is 10.5 Å². The molecular formula is C25H19ClN2O4S. The van der Waals surface area contributed by atoms with E-state index in [-0.39, 0.29) is 0 Å². The van der Waals surface area contributed by atoms with E-state index in [4.69, 9.17) is 21.1 Å². The molecule has 6 nitrogen and oxygen atoms in total. The van der Waals surface area contributed by atoms with Crippen molar-refractivity contribution in [3.63, 3.8) is 0 Å². The number of esters is 1. The van der Waals surface area contributed by atoms with Gasteiger partial charge in [0, 0.05) is 22.8 Å². The van der Waals surface area contributed by atoms with E-state index >= 15 is 0 Å². The third-order valence-electron chi connectivity index (χ3n) is 4.80. The van der Waals surface area contributed by atoms with Crippen molar-refractivity contribution >= 4 is 51.1 Å². The number of hydrazone groups is 1. The maximum atomic E-state index is 12.8. The highest BCUT2D eigenvalue weighted by Gasteiger charge is 2.21. The quantitative estimate of drug-likeness (QED) is 0.162. The molecule has 1 unspecified atom stereocenters. The summed E-state index contributed by atoms with van der Waals surface area (Å²) < 4.78 is 11.8. The number of amides is 1. The molecule has 0 saturated carbocycles. The van der Waals surface area contributed by atoms with Crippen LogP contribution in [0.2, 0.25) is 5.02 Å². The largest absolute Gasteiger partial charge is 0.422 e. The number of halogens is 1. The van der Waals surface area contributed by atoms with Crippen molar-refractivity contribution in [2.24, 2.45) is 5.10 Å². The smallest absolute Gasteiger partial charge is 0.355 e. The van der Waals surface area contributed by atoms with Gasteiger partial charge in [-0.1, -0.05) is 72.3 Å². The first-order valence-electron chi connectivity index (χ1n) is 9.97. The molecule has 1 N–H and O–H groups in total. The second-order valence-corrected chi connectivity index (χ2v) is 8.36. The summed E-state index contributed by atoms with van der Waals surface area (Å²) in [6.07, 6.45) is 0.608. The number of para-hydroxylation sites is 1. The number of fused-ring (bicyclic) bond motifs is 1. The number of rotatable bonds is 7. The third kappa shape index (κ3) is 5.12. The van der Waals surface area contributed by atoms with Crippen LogP contribution in [0.15, 0.2) is 84.0 Å². The lowest BCUT2D eigenvalue weighted by Gasteiger charge is -2.13. The van der Waals surface area contributed by atoms with Crippen molar-refractivity contribution in [3.05, 3.63) is 99.9 Å². The van der Waals surface area contributed by atoms with Gasteiger partial charge in [-0.15, -0.1) is 11.3 Å². The van der Waals surface area contributed by atoms with E-state index in [0.29, 0.717) is 26.8 Å². The molecule has 1 aromatic heterocycles. The van der Waals surface area contributed by atoms with Crippen LogP contribution in [-0.4, -0.2) is 25.2 Å². The van der Waals surface area contributed by atoms with E-state index in [1.165, 1.54) is 24.7 Å². The topological polar surface area (TPSA) is 77.0 Å². The Hall–Kier alpha value is -3.52. The normalized spacial score (nSPS) is 12.1. The zero-order valence-electron chi connectivity index (χ0n) is 17.5. The molecule has 4 aromatic rings. The molecule has 0 saturated heterocycles. The van der Waals surface area contributed by atoms with Crippen LogP contribution in [-0.2, 0) is 9.53 Å². The van der Waals surface area contributed by atoms with Crippen LogP contribution in [0.1, 0.15) is 26.9 Å². The number of ether oxygens (including phenoxy) is 2. The van der Waals surface area contributed by atoms with Crippen molar-refractivity contribution in [2.45, 2.75) is 6.10 Å². The average molecular weight is 479 g/mol. The minimum atomic E-state index is -0.800. The molecule has 0 radical (unpaired) electrons. The van der Waals surface area contributed by atoms with Crippen LogP contribution >= 0.6 is 22.9 Å². The van der Waals surface area contributed by atoms with Gasteiger partial charge in [0.1, 0.15) is 10.6 Å². The summed E-state index contributed by atoms with van der Waals surface area (Å²) in [4.78, 5) is 25.6. The van der Waals surface area contributed by atoms with Gasteiger partial charge in [-0.2, -0.15) is 5.10 Å². The fourth-order valence-electron chi connectivity index (χ4n) is 3.22. The Labute approximate surface area is 199 Å². The Morgan fingerprint density at radius 1 is 1.00 bits per heavy atom. The molecule has 0 spiro atoms. The Bertz CT molecular complexity index is 1320. The van der Waals surface area contributed by atoms with Gasteiger partial charge in [-0.25, -0.2) is 10.2 Å². The van der Waals surface area contributed by atoms with Crippen molar-refractivity contribution in [1.29, 1.82) is 0 Å². The molecule has 0 aliphatic rings. The van der Waals surface area contributed by atoms with Crippen molar-refractivity contribution < 1.29 is 19.1 Å². The lowest BCUT2D eigenvalue weighted by molar-refractivity contribution is -0.131. The lowest BCUT2D eigenvalue weighted by Crippen LogP contribution is -2.26. The lowest BCUT2D eigenvalue weighted by atomic mass is 10.1. The van der Waals surface area contributed by atoms with E-state index < -0.39 is 18.0 Å². The van der Waals surface area contributed by atoms with Crippen LogP contribution < -0.4 is 10.2 Å². The molecule has 4 rings (SSSR count). The SMILES string of the molecule is COC(C(=O)N/N=C/c1ccccc1OC(=O)c1sc2ccccc2c1Cl)c1ccccc1. The Balaban J connectivity index is 1.48. The van der Waals surface area contributed by atoms with Crippen molar-refractivity contribution in [2.75, 3.05) is 7.11 Å². The summed E-state index contributed by atoms with van der Waals surface area (Å²) >= 11 is 7.67. The molecule has 33 heavy (non-hydrogen) atoms. The monoisotopic (exact) mass is 478 g/mol. The summed E-state index contributed by atoms with van der Waals surface area (Å²) in [7, 11) is 1.45. The van der Waals surface area contributed by atoms with E-state index in [1.807, 2.05) is 42.5 Å². The zero-order valence-corrected chi connectivity index (χ0v) is 19.1. The number of hydrogen-bond acceptors (Lipinski definition) is 6. The molecule has 3 aromatic carbocycles. The summed E-state index contributed by atoms with van der Waals surface area (Å²) in [6, 6.07) is 23.5. The molecule has 0 aliphatic carbocycles. The second-order valence-electron chi connectivity index (χ2n) is 6.93. The van der Waals surface area contributed by atoms with Gasteiger partial charge in [-0.3, -0.25) is 4.79 Å². The number of benzene rings is 3. The third-order valence-corrected chi connectivity index (χ3v) is 6.45. The fourth-order valence-corrected chi connectivity index (χ4v) is 4.60. The number of nitrogens with zero attached hydrogens (tertiary/aromatic N) is 1. The molecular weight excluding hydrogens is 460 g/mol. The zero-order chi connectivity index (χ0) is 23.2. The first kappa shape index (κ1) is 22.7. The fraction of sp³-hybridized carbons (Fsp3) is 0.0800. The van der Waals surface area contributed by atoms with E-state index in [1.54, 1.807) is 36.4 Å². The first-order valence-corrected chi connectivity index (χ1v) is 11.2. The summed E-state index contributed by atoms with van der Waals surface area (Å²) in [5, 5.41) is 5.18. The molecule has 1 atom stereocenters. The highest BCUT2D eigenvalue weighted by molar-refractivity contribution is 7.21. The van der Waals surface area contributed by atoms with E-state index in [0.717, 1.165) is 10.1 Å². The van der Waals surface area contributed by atoms with Crippen LogP contribution in [0.4, 0.5) is 0 Å². The minimum absolute atomic E-state index is 0.292. The average Bonchev–Trinajstić information content (AvgIpc) is 3.18. The molecule has 166 valence electrons. The summed E-state index contributed by atoms with van der Waals surface area (Å²) in [5.74, 6) is -0.693. The van der Waals surface area contributed by atoms with Gasteiger partial charge in [-0.05, 0) is 23.8 Å². The van der Waals surface area contributed by atoms with Crippen LogP contribution in [0.3, 0.4) is 0 Å². The van der Waals surface area contributed by atoms with Gasteiger partial charge in [0.15, 0.2) is 6.10 Å². The number of thiophene rings is 1. The number of methoxy groups -OCH3 is 1. The highest BCUT2D eigenvalue weighted by Crippen LogP contribution is 2.36. The first-order chi connectivity index (χ1) is 16.1. The molecule has 1 amide bonds. The predicted molar refractivity (Wildman–Crippen MR) is 130 cm³/mol. The van der Waals surface area contributed by atoms with Crippen LogP contribution in [0.25, 0.3) is 10.1 Å². The maximum absolute atomic E-state index is 12.8.